The Morgan fingerprint density at radius 3 is 2.45 bits per heavy atom. The van der Waals surface area contributed by atoms with E-state index in [4.69, 9.17) is 9.84 Å². The van der Waals surface area contributed by atoms with Crippen LogP contribution in [0.25, 0.3) is 20.5 Å². The number of halogens is 2. The quantitative estimate of drug-likeness (QED) is 0.384. The topological polar surface area (TPSA) is 101 Å². The van der Waals surface area contributed by atoms with Crippen LogP contribution in [0.1, 0.15) is 15.9 Å². The predicted octanol–water partition coefficient (Wildman–Crippen LogP) is 5.23. The van der Waals surface area contributed by atoms with Crippen LogP contribution in [0, 0.1) is 11.6 Å². The fourth-order valence-electron chi connectivity index (χ4n) is 3.42. The molecule has 0 saturated heterocycles. The van der Waals surface area contributed by atoms with Gasteiger partial charge < -0.3 is 14.9 Å². The third kappa shape index (κ3) is 4.27. The van der Waals surface area contributed by atoms with Crippen molar-refractivity contribution in [3.63, 3.8) is 0 Å². The number of thiophene rings is 1. The number of rotatable bonds is 6. The minimum Gasteiger partial charge on any atom is -0.504 e. The smallest absolute Gasteiger partial charge is 0.335 e. The van der Waals surface area contributed by atoms with E-state index in [2.05, 4.69) is 0 Å². The van der Waals surface area contributed by atoms with Gasteiger partial charge in [0.1, 0.15) is 16.5 Å². The minimum atomic E-state index is -4.44. The summed E-state index contributed by atoms with van der Waals surface area (Å²) in [5.74, 6) is -5.60. The van der Waals surface area contributed by atoms with E-state index in [0.717, 1.165) is 16.2 Å². The van der Waals surface area contributed by atoms with Gasteiger partial charge in [-0.25, -0.2) is 22.0 Å². The second-order valence-corrected chi connectivity index (χ2v) is 10.2. The highest BCUT2D eigenvalue weighted by atomic mass is 32.2. The van der Waals surface area contributed by atoms with Crippen molar-refractivity contribution in [3.8, 4) is 21.9 Å². The standard InChI is InChI=1S/C23H16F2O6S2/c1-31-18-10-16(24)15(20-8-12-4-2-3-5-19(12)32-20)6-14(18)11-33(29,30)21-9-13(23(27)28)7-17(25)22(21)26/h2-10,26H,11H2,1H3,(H,27,28). The molecule has 170 valence electrons. The first-order valence-electron chi connectivity index (χ1n) is 9.44. The third-order valence-electron chi connectivity index (χ3n) is 5.02. The molecule has 0 atom stereocenters. The van der Waals surface area contributed by atoms with Gasteiger partial charge in [0.2, 0.25) is 0 Å². The molecule has 0 spiro atoms. The molecule has 0 amide bonds. The van der Waals surface area contributed by atoms with Gasteiger partial charge in [0.15, 0.2) is 21.4 Å². The zero-order valence-electron chi connectivity index (χ0n) is 17.0. The van der Waals surface area contributed by atoms with Gasteiger partial charge in [0.05, 0.1) is 18.4 Å². The number of aromatic carboxylic acids is 1. The number of benzene rings is 3. The molecule has 0 unspecified atom stereocenters. The lowest BCUT2D eigenvalue weighted by atomic mass is 10.1. The van der Waals surface area contributed by atoms with Crippen LogP contribution in [0.15, 0.2) is 59.5 Å². The number of carboxylic acids is 1. The summed E-state index contributed by atoms with van der Waals surface area (Å²) in [6, 6.07) is 12.8. The number of hydrogen-bond acceptors (Lipinski definition) is 6. The lowest BCUT2D eigenvalue weighted by molar-refractivity contribution is 0.0696. The Bertz CT molecular complexity index is 1480. The Labute approximate surface area is 191 Å². The summed E-state index contributed by atoms with van der Waals surface area (Å²) in [7, 11) is -3.20. The van der Waals surface area contributed by atoms with E-state index in [1.165, 1.54) is 24.5 Å². The molecule has 10 heteroatoms. The fraction of sp³-hybridized carbons (Fsp3) is 0.0870. The van der Waals surface area contributed by atoms with Crippen LogP contribution >= 0.6 is 11.3 Å². The molecule has 0 fully saturated rings. The lowest BCUT2D eigenvalue weighted by Crippen LogP contribution is -2.10. The maximum Gasteiger partial charge on any atom is 0.335 e. The highest BCUT2D eigenvalue weighted by molar-refractivity contribution is 7.90. The normalized spacial score (nSPS) is 11.6. The number of fused-ring (bicyclic) bond motifs is 1. The summed E-state index contributed by atoms with van der Waals surface area (Å²) in [5, 5.41) is 20.0. The first kappa shape index (κ1) is 22.7. The number of aromatic hydroxyl groups is 1. The van der Waals surface area contributed by atoms with Gasteiger partial charge in [-0.3, -0.25) is 0 Å². The molecule has 0 radical (unpaired) electrons. The number of hydrogen-bond donors (Lipinski definition) is 2. The van der Waals surface area contributed by atoms with E-state index >= 15 is 0 Å². The maximum atomic E-state index is 14.9. The van der Waals surface area contributed by atoms with Crippen molar-refractivity contribution in [3.05, 3.63) is 77.4 Å². The number of ether oxygens (including phenoxy) is 1. The van der Waals surface area contributed by atoms with Gasteiger partial charge in [-0.1, -0.05) is 18.2 Å². The average molecular weight is 491 g/mol. The molecule has 2 N–H and O–H groups in total. The number of phenolic OH excluding ortho intramolecular Hbond substituents is 1. The van der Waals surface area contributed by atoms with Crippen LogP contribution in [0.4, 0.5) is 8.78 Å². The molecule has 0 aliphatic rings. The predicted molar refractivity (Wildman–Crippen MR) is 120 cm³/mol. The fourth-order valence-corrected chi connectivity index (χ4v) is 5.99. The van der Waals surface area contributed by atoms with Gasteiger partial charge in [0, 0.05) is 26.8 Å². The molecular formula is C23H16F2O6S2. The molecule has 0 bridgehead atoms. The van der Waals surface area contributed by atoms with Crippen molar-refractivity contribution >= 4 is 37.2 Å². The maximum absolute atomic E-state index is 14.9. The van der Waals surface area contributed by atoms with Gasteiger partial charge >= 0.3 is 5.97 Å². The summed E-state index contributed by atoms with van der Waals surface area (Å²) >= 11 is 1.33. The van der Waals surface area contributed by atoms with Gasteiger partial charge in [-0.05, 0) is 35.7 Å². The summed E-state index contributed by atoms with van der Waals surface area (Å²) < 4.78 is 61.0. The Morgan fingerprint density at radius 2 is 1.79 bits per heavy atom. The molecule has 4 aromatic rings. The van der Waals surface area contributed by atoms with E-state index in [0.29, 0.717) is 17.0 Å². The van der Waals surface area contributed by atoms with Crippen LogP contribution in [-0.4, -0.2) is 31.7 Å². The largest absolute Gasteiger partial charge is 0.504 e. The van der Waals surface area contributed by atoms with Gasteiger partial charge in [-0.2, -0.15) is 0 Å². The zero-order valence-corrected chi connectivity index (χ0v) is 18.6. The van der Waals surface area contributed by atoms with Crippen molar-refractivity contribution in [1.82, 2.24) is 0 Å². The summed E-state index contributed by atoms with van der Waals surface area (Å²) in [4.78, 5) is 10.9. The third-order valence-corrected chi connectivity index (χ3v) is 7.84. The molecule has 4 rings (SSSR count). The van der Waals surface area contributed by atoms with Crippen molar-refractivity contribution in [2.24, 2.45) is 0 Å². The lowest BCUT2D eigenvalue weighted by Gasteiger charge is -2.13. The molecule has 0 aliphatic carbocycles. The molecule has 0 aliphatic heterocycles. The van der Waals surface area contributed by atoms with Crippen LogP contribution in [0.3, 0.4) is 0 Å². The molecule has 1 heterocycles. The highest BCUT2D eigenvalue weighted by Crippen LogP contribution is 2.39. The Kier molecular flexibility index (Phi) is 5.81. The molecule has 6 nitrogen and oxygen atoms in total. The summed E-state index contributed by atoms with van der Waals surface area (Å²) in [6.07, 6.45) is 0. The van der Waals surface area contributed by atoms with Crippen molar-refractivity contribution in [2.75, 3.05) is 7.11 Å². The van der Waals surface area contributed by atoms with Crippen LogP contribution in [-0.2, 0) is 15.6 Å². The molecule has 1 aromatic heterocycles. The second-order valence-electron chi connectivity index (χ2n) is 7.16. The van der Waals surface area contributed by atoms with Crippen molar-refractivity contribution in [2.45, 2.75) is 10.6 Å². The summed E-state index contributed by atoms with van der Waals surface area (Å²) in [6.45, 7) is 0. The van der Waals surface area contributed by atoms with Crippen molar-refractivity contribution < 1.29 is 36.9 Å². The second kappa shape index (κ2) is 8.45. The molecule has 0 saturated carbocycles. The van der Waals surface area contributed by atoms with Gasteiger partial charge in [0.25, 0.3) is 0 Å². The van der Waals surface area contributed by atoms with E-state index in [-0.39, 0.29) is 16.9 Å². The Morgan fingerprint density at radius 1 is 1.06 bits per heavy atom. The van der Waals surface area contributed by atoms with Crippen LogP contribution < -0.4 is 4.74 Å². The number of carboxylic acid groups (broad SMARTS) is 1. The van der Waals surface area contributed by atoms with Crippen LogP contribution in [0.2, 0.25) is 0 Å². The van der Waals surface area contributed by atoms with E-state index in [1.807, 2.05) is 24.3 Å². The number of phenols is 1. The highest BCUT2D eigenvalue weighted by Gasteiger charge is 2.27. The number of sulfone groups is 1. The molecule has 33 heavy (non-hydrogen) atoms. The van der Waals surface area contributed by atoms with Crippen molar-refractivity contribution in [1.29, 1.82) is 0 Å². The number of methoxy groups -OCH3 is 1. The average Bonchev–Trinajstić information content (AvgIpc) is 3.19. The Hall–Kier alpha value is -3.50. The van der Waals surface area contributed by atoms with E-state index in [1.54, 1.807) is 6.07 Å². The Balaban J connectivity index is 1.82. The monoisotopic (exact) mass is 490 g/mol. The van der Waals surface area contributed by atoms with Crippen LogP contribution in [0.5, 0.6) is 11.5 Å². The van der Waals surface area contributed by atoms with Gasteiger partial charge in [-0.15, -0.1) is 11.3 Å². The molecule has 3 aromatic carbocycles. The number of carbonyl (C=O) groups is 1. The van der Waals surface area contributed by atoms with E-state index < -0.39 is 49.4 Å². The first-order chi connectivity index (χ1) is 15.6. The summed E-state index contributed by atoms with van der Waals surface area (Å²) in [5.41, 5.74) is -0.426. The zero-order chi connectivity index (χ0) is 23.9. The SMILES string of the molecule is COc1cc(F)c(-c2cc3ccccc3s2)cc1CS(=O)(=O)c1cc(C(=O)O)cc(F)c1O. The van der Waals surface area contributed by atoms with E-state index in [9.17, 15) is 27.1 Å². The molecular weight excluding hydrogens is 474 g/mol. The minimum absolute atomic E-state index is 0.0599. The first-order valence-corrected chi connectivity index (χ1v) is 11.9.